The van der Waals surface area contributed by atoms with Gasteiger partial charge in [0.15, 0.2) is 15.9 Å². The van der Waals surface area contributed by atoms with Crippen LogP contribution in [0.25, 0.3) is 0 Å². The summed E-state index contributed by atoms with van der Waals surface area (Å²) in [7, 11) is -3.20. The Balaban J connectivity index is 2.13. The Morgan fingerprint density at radius 3 is 2.42 bits per heavy atom. The standard InChI is InChI=1S/C13H16O5S/c1-3-17-13(14)12-11(8-18-12)9-4-6-10(7-5-9)19(2,15)16/h4-7,11-12H,3,8H2,1-2H3/t11-,12-/m0/s1. The summed E-state index contributed by atoms with van der Waals surface area (Å²) in [5.74, 6) is -0.432. The molecule has 1 saturated heterocycles. The zero-order chi connectivity index (χ0) is 14.0. The van der Waals surface area contributed by atoms with E-state index >= 15 is 0 Å². The topological polar surface area (TPSA) is 69.7 Å². The lowest BCUT2D eigenvalue weighted by Crippen LogP contribution is -2.44. The van der Waals surface area contributed by atoms with Crippen molar-refractivity contribution < 1.29 is 22.7 Å². The van der Waals surface area contributed by atoms with Crippen molar-refractivity contribution in [2.45, 2.75) is 23.8 Å². The van der Waals surface area contributed by atoms with Crippen molar-refractivity contribution >= 4 is 15.8 Å². The second kappa shape index (κ2) is 5.30. The van der Waals surface area contributed by atoms with E-state index in [9.17, 15) is 13.2 Å². The molecule has 104 valence electrons. The molecule has 6 heteroatoms. The normalized spacial score (nSPS) is 22.6. The van der Waals surface area contributed by atoms with E-state index in [1.165, 1.54) is 0 Å². The highest BCUT2D eigenvalue weighted by Gasteiger charge is 2.40. The smallest absolute Gasteiger partial charge is 0.335 e. The predicted molar refractivity (Wildman–Crippen MR) is 68.7 cm³/mol. The van der Waals surface area contributed by atoms with Gasteiger partial charge in [0.25, 0.3) is 0 Å². The third-order valence-corrected chi connectivity index (χ3v) is 4.20. The molecule has 1 aromatic carbocycles. The van der Waals surface area contributed by atoms with Gasteiger partial charge < -0.3 is 9.47 Å². The number of ether oxygens (including phenoxy) is 2. The first-order valence-corrected chi connectivity index (χ1v) is 7.91. The average molecular weight is 284 g/mol. The van der Waals surface area contributed by atoms with Gasteiger partial charge in [0.05, 0.1) is 18.1 Å². The summed E-state index contributed by atoms with van der Waals surface area (Å²) in [6, 6.07) is 6.53. The molecule has 0 radical (unpaired) electrons. The summed E-state index contributed by atoms with van der Waals surface area (Å²) in [6.45, 7) is 2.51. The lowest BCUT2D eigenvalue weighted by atomic mass is 9.90. The molecule has 0 aliphatic carbocycles. The molecule has 5 nitrogen and oxygen atoms in total. The van der Waals surface area contributed by atoms with Crippen LogP contribution in [-0.4, -0.2) is 40.0 Å². The average Bonchev–Trinajstić information content (AvgIpc) is 2.27. The first kappa shape index (κ1) is 14.0. The molecule has 19 heavy (non-hydrogen) atoms. The molecule has 1 aromatic rings. The van der Waals surface area contributed by atoms with Gasteiger partial charge in [0.1, 0.15) is 0 Å². The third kappa shape index (κ3) is 2.96. The minimum absolute atomic E-state index is 0.0624. The van der Waals surface area contributed by atoms with Crippen molar-refractivity contribution in [3.05, 3.63) is 29.8 Å². The van der Waals surface area contributed by atoms with Crippen molar-refractivity contribution in [3.63, 3.8) is 0 Å². The second-order valence-corrected chi connectivity index (χ2v) is 6.47. The molecular weight excluding hydrogens is 268 g/mol. The van der Waals surface area contributed by atoms with E-state index in [2.05, 4.69) is 0 Å². The van der Waals surface area contributed by atoms with E-state index in [1.54, 1.807) is 31.2 Å². The number of hydrogen-bond acceptors (Lipinski definition) is 5. The number of benzene rings is 1. The summed E-state index contributed by atoms with van der Waals surface area (Å²) in [5, 5.41) is 0. The Hall–Kier alpha value is -1.40. The molecule has 1 heterocycles. The van der Waals surface area contributed by atoms with E-state index in [0.29, 0.717) is 13.2 Å². The summed E-state index contributed by atoms with van der Waals surface area (Å²) >= 11 is 0. The van der Waals surface area contributed by atoms with Gasteiger partial charge in [-0.1, -0.05) is 12.1 Å². The Morgan fingerprint density at radius 2 is 2.00 bits per heavy atom. The summed E-state index contributed by atoms with van der Waals surface area (Å²) in [4.78, 5) is 11.9. The lowest BCUT2D eigenvalue weighted by Gasteiger charge is -2.35. The number of rotatable bonds is 4. The fraction of sp³-hybridized carbons (Fsp3) is 0.462. The molecule has 2 atom stereocenters. The minimum atomic E-state index is -3.20. The van der Waals surface area contributed by atoms with Gasteiger partial charge >= 0.3 is 5.97 Å². The molecule has 0 N–H and O–H groups in total. The van der Waals surface area contributed by atoms with Crippen LogP contribution in [0.4, 0.5) is 0 Å². The molecule has 0 spiro atoms. The zero-order valence-electron chi connectivity index (χ0n) is 10.8. The fourth-order valence-electron chi connectivity index (χ4n) is 1.98. The molecule has 0 saturated carbocycles. The van der Waals surface area contributed by atoms with E-state index in [-0.39, 0.29) is 16.8 Å². The maximum absolute atomic E-state index is 11.6. The van der Waals surface area contributed by atoms with E-state index in [4.69, 9.17) is 9.47 Å². The Labute approximate surface area is 112 Å². The number of sulfone groups is 1. The van der Waals surface area contributed by atoms with E-state index in [0.717, 1.165) is 11.8 Å². The van der Waals surface area contributed by atoms with Gasteiger partial charge in [-0.3, -0.25) is 0 Å². The lowest BCUT2D eigenvalue weighted by molar-refractivity contribution is -0.174. The highest BCUT2D eigenvalue weighted by Crippen LogP contribution is 2.32. The number of hydrogen-bond donors (Lipinski definition) is 0. The molecule has 0 aromatic heterocycles. The van der Waals surface area contributed by atoms with Crippen LogP contribution in [0.5, 0.6) is 0 Å². The monoisotopic (exact) mass is 284 g/mol. The Bertz CT molecular complexity index is 561. The third-order valence-electron chi connectivity index (χ3n) is 3.08. The zero-order valence-corrected chi connectivity index (χ0v) is 11.6. The maximum Gasteiger partial charge on any atom is 0.335 e. The van der Waals surface area contributed by atoms with Crippen molar-refractivity contribution in [1.29, 1.82) is 0 Å². The highest BCUT2D eigenvalue weighted by molar-refractivity contribution is 7.90. The van der Waals surface area contributed by atoms with Gasteiger partial charge in [-0.2, -0.15) is 0 Å². The van der Waals surface area contributed by atoms with Crippen LogP contribution in [0.3, 0.4) is 0 Å². The molecule has 0 bridgehead atoms. The largest absolute Gasteiger partial charge is 0.464 e. The van der Waals surface area contributed by atoms with Gasteiger partial charge in [0, 0.05) is 12.2 Å². The van der Waals surface area contributed by atoms with Crippen LogP contribution >= 0.6 is 0 Å². The van der Waals surface area contributed by atoms with Crippen LogP contribution in [0.2, 0.25) is 0 Å². The van der Waals surface area contributed by atoms with Gasteiger partial charge in [-0.25, -0.2) is 13.2 Å². The Kier molecular flexibility index (Phi) is 3.91. The molecule has 1 aliphatic rings. The molecule has 0 amide bonds. The van der Waals surface area contributed by atoms with Gasteiger partial charge in [-0.15, -0.1) is 0 Å². The molecule has 2 rings (SSSR count). The van der Waals surface area contributed by atoms with Crippen molar-refractivity contribution in [3.8, 4) is 0 Å². The van der Waals surface area contributed by atoms with Crippen LogP contribution in [0, 0.1) is 0 Å². The van der Waals surface area contributed by atoms with E-state index < -0.39 is 15.9 Å². The number of esters is 1. The second-order valence-electron chi connectivity index (χ2n) is 4.45. The highest BCUT2D eigenvalue weighted by atomic mass is 32.2. The van der Waals surface area contributed by atoms with Crippen LogP contribution < -0.4 is 0 Å². The predicted octanol–water partition coefficient (Wildman–Crippen LogP) is 1.14. The van der Waals surface area contributed by atoms with Gasteiger partial charge in [0.2, 0.25) is 0 Å². The van der Waals surface area contributed by atoms with Crippen molar-refractivity contribution in [2.75, 3.05) is 19.5 Å². The Morgan fingerprint density at radius 1 is 1.37 bits per heavy atom. The summed E-state index contributed by atoms with van der Waals surface area (Å²) in [6.07, 6.45) is 0.583. The van der Waals surface area contributed by atoms with Crippen LogP contribution in [-0.2, 0) is 24.1 Å². The number of carbonyl (C=O) groups excluding carboxylic acids is 1. The summed E-state index contributed by atoms with van der Waals surface area (Å²) in [5.41, 5.74) is 0.886. The molecular formula is C13H16O5S. The first-order valence-electron chi connectivity index (χ1n) is 6.01. The van der Waals surface area contributed by atoms with Gasteiger partial charge in [-0.05, 0) is 24.6 Å². The first-order chi connectivity index (χ1) is 8.93. The van der Waals surface area contributed by atoms with Crippen molar-refractivity contribution in [1.82, 2.24) is 0 Å². The van der Waals surface area contributed by atoms with Crippen molar-refractivity contribution in [2.24, 2.45) is 0 Å². The quantitative estimate of drug-likeness (QED) is 0.775. The molecule has 1 aliphatic heterocycles. The fourth-order valence-corrected chi connectivity index (χ4v) is 2.61. The minimum Gasteiger partial charge on any atom is -0.464 e. The molecule has 1 fully saturated rings. The number of carbonyl (C=O) groups is 1. The summed E-state index contributed by atoms with van der Waals surface area (Å²) < 4.78 is 32.8. The maximum atomic E-state index is 11.6. The van der Waals surface area contributed by atoms with Crippen LogP contribution in [0.1, 0.15) is 18.4 Å². The molecule has 0 unspecified atom stereocenters. The van der Waals surface area contributed by atoms with E-state index in [1.807, 2.05) is 0 Å². The SMILES string of the molecule is CCOC(=O)[C@H]1OC[C@H]1c1ccc(S(C)(=O)=O)cc1. The van der Waals surface area contributed by atoms with Crippen LogP contribution in [0.15, 0.2) is 29.2 Å².